The number of amides is 3. The number of ether oxygens (including phenoxy) is 1. The van der Waals surface area contributed by atoms with Crippen LogP contribution < -0.4 is 15.0 Å². The van der Waals surface area contributed by atoms with Crippen molar-refractivity contribution in [3.8, 4) is 11.5 Å². The summed E-state index contributed by atoms with van der Waals surface area (Å²) in [5.74, 6) is 0.0688. The Labute approximate surface area is 195 Å². The van der Waals surface area contributed by atoms with Crippen molar-refractivity contribution < 1.29 is 19.1 Å². The minimum absolute atomic E-state index is 0.215. The third-order valence-corrected chi connectivity index (χ3v) is 5.57. The first-order chi connectivity index (χ1) is 16.5. The lowest BCUT2D eigenvalue weighted by Gasteiger charge is -2.20. The molecule has 5 rings (SSSR count). The molecule has 0 aliphatic carbocycles. The largest absolute Gasteiger partial charge is 0.457 e. The summed E-state index contributed by atoms with van der Waals surface area (Å²) in [6.45, 7) is 1.71. The Morgan fingerprint density at radius 2 is 1.59 bits per heavy atom. The third kappa shape index (κ3) is 4.11. The van der Waals surface area contributed by atoms with Crippen LogP contribution in [0.4, 0.5) is 11.4 Å². The normalized spacial score (nSPS) is 18.9. The highest BCUT2D eigenvalue weighted by atomic mass is 16.5. The van der Waals surface area contributed by atoms with Gasteiger partial charge in [-0.1, -0.05) is 41.1 Å². The van der Waals surface area contributed by atoms with Crippen LogP contribution in [0.5, 0.6) is 11.5 Å². The number of nitrogens with one attached hydrogen (secondary N) is 1. The highest BCUT2D eigenvalue weighted by Crippen LogP contribution is 2.32. The molecule has 1 saturated heterocycles. The van der Waals surface area contributed by atoms with Crippen molar-refractivity contribution in [3.63, 3.8) is 0 Å². The minimum atomic E-state index is -0.948. The molecule has 3 aromatic carbocycles. The van der Waals surface area contributed by atoms with Gasteiger partial charge in [-0.15, -0.1) is 0 Å². The number of carbonyl (C=O) groups excluding carboxylic acids is 3. The van der Waals surface area contributed by atoms with Gasteiger partial charge in [0.15, 0.2) is 12.1 Å². The molecular weight excluding hydrogens is 434 g/mol. The summed E-state index contributed by atoms with van der Waals surface area (Å²) in [5, 5.41) is 11.9. The third-order valence-electron chi connectivity index (χ3n) is 5.57. The predicted molar refractivity (Wildman–Crippen MR) is 124 cm³/mol. The molecular formula is C25H21N5O4. The molecule has 0 aromatic heterocycles. The van der Waals surface area contributed by atoms with E-state index in [0.29, 0.717) is 22.9 Å². The summed E-state index contributed by atoms with van der Waals surface area (Å²) in [4.78, 5) is 39.5. The Balaban J connectivity index is 1.22. The predicted octanol–water partition coefficient (Wildman–Crippen LogP) is 3.72. The van der Waals surface area contributed by atoms with Gasteiger partial charge in [0, 0.05) is 5.69 Å². The van der Waals surface area contributed by atoms with E-state index < -0.39 is 23.9 Å². The number of hydrogen-bond donors (Lipinski definition) is 1. The van der Waals surface area contributed by atoms with Gasteiger partial charge in [-0.3, -0.25) is 19.4 Å². The monoisotopic (exact) mass is 455 g/mol. The zero-order chi connectivity index (χ0) is 23.7. The van der Waals surface area contributed by atoms with Crippen molar-refractivity contribution in [3.05, 3.63) is 84.4 Å². The van der Waals surface area contributed by atoms with E-state index in [1.54, 1.807) is 36.4 Å². The molecule has 2 atom stereocenters. The first-order valence-corrected chi connectivity index (χ1v) is 10.7. The van der Waals surface area contributed by atoms with Crippen LogP contribution in [0.15, 0.2) is 89.2 Å². The SMILES string of the molecule is Cc1ccc(N2C(=O)[C@H]3N=NN(CC(=O)Nc4ccc(Oc5ccccc5)cc4)[C@@H]3C2=O)cc1. The number of carbonyl (C=O) groups is 3. The Hall–Kier alpha value is -4.53. The van der Waals surface area contributed by atoms with E-state index in [9.17, 15) is 14.4 Å². The fourth-order valence-electron chi connectivity index (χ4n) is 3.88. The van der Waals surface area contributed by atoms with Crippen molar-refractivity contribution >= 4 is 29.1 Å². The van der Waals surface area contributed by atoms with Crippen molar-refractivity contribution in [2.75, 3.05) is 16.8 Å². The number of nitrogens with zero attached hydrogens (tertiary/aromatic N) is 4. The van der Waals surface area contributed by atoms with Crippen LogP contribution >= 0.6 is 0 Å². The Bertz CT molecular complexity index is 1260. The minimum Gasteiger partial charge on any atom is -0.457 e. The van der Waals surface area contributed by atoms with Crippen LogP contribution in [0.3, 0.4) is 0 Å². The van der Waals surface area contributed by atoms with E-state index in [1.807, 2.05) is 49.4 Å². The molecule has 0 unspecified atom stereocenters. The fourth-order valence-corrected chi connectivity index (χ4v) is 3.88. The van der Waals surface area contributed by atoms with E-state index in [1.165, 1.54) is 5.01 Å². The molecule has 2 aliphatic rings. The first kappa shape index (κ1) is 21.3. The highest BCUT2D eigenvalue weighted by molar-refractivity contribution is 6.25. The molecule has 2 heterocycles. The topological polar surface area (TPSA) is 104 Å². The first-order valence-electron chi connectivity index (χ1n) is 10.7. The molecule has 9 heteroatoms. The maximum Gasteiger partial charge on any atom is 0.263 e. The molecule has 34 heavy (non-hydrogen) atoms. The van der Waals surface area contributed by atoms with Crippen LogP contribution in [-0.2, 0) is 14.4 Å². The van der Waals surface area contributed by atoms with Gasteiger partial charge in [0.1, 0.15) is 18.0 Å². The second-order valence-electron chi connectivity index (χ2n) is 8.03. The summed E-state index contributed by atoms with van der Waals surface area (Å²) in [5.41, 5.74) is 2.06. The number of imide groups is 1. The molecule has 0 spiro atoms. The van der Waals surface area contributed by atoms with Crippen LogP contribution in [0, 0.1) is 6.92 Å². The molecule has 1 fully saturated rings. The summed E-state index contributed by atoms with van der Waals surface area (Å²) >= 11 is 0. The lowest BCUT2D eigenvalue weighted by atomic mass is 10.1. The summed E-state index contributed by atoms with van der Waals surface area (Å²) in [7, 11) is 0. The van der Waals surface area contributed by atoms with Crippen molar-refractivity contribution in [2.45, 2.75) is 19.0 Å². The number of rotatable bonds is 6. The van der Waals surface area contributed by atoms with Crippen LogP contribution in [0.1, 0.15) is 5.56 Å². The molecule has 3 aromatic rings. The number of hydrogen-bond acceptors (Lipinski definition) is 7. The molecule has 3 amide bonds. The summed E-state index contributed by atoms with van der Waals surface area (Å²) in [6, 6.07) is 21.5. The molecule has 170 valence electrons. The average molecular weight is 455 g/mol. The zero-order valence-corrected chi connectivity index (χ0v) is 18.3. The van der Waals surface area contributed by atoms with E-state index in [2.05, 4.69) is 15.7 Å². The lowest BCUT2D eigenvalue weighted by molar-refractivity contribution is -0.123. The van der Waals surface area contributed by atoms with Gasteiger partial charge in [0.05, 0.1) is 5.69 Å². The second-order valence-corrected chi connectivity index (χ2v) is 8.03. The van der Waals surface area contributed by atoms with Gasteiger partial charge in [0.2, 0.25) is 5.91 Å². The van der Waals surface area contributed by atoms with Gasteiger partial charge < -0.3 is 10.1 Å². The second kappa shape index (κ2) is 8.78. The lowest BCUT2D eigenvalue weighted by Crippen LogP contribution is -2.43. The molecule has 2 aliphatic heterocycles. The maximum absolute atomic E-state index is 13.0. The van der Waals surface area contributed by atoms with Crippen molar-refractivity contribution in [1.29, 1.82) is 0 Å². The molecule has 0 bridgehead atoms. The van der Waals surface area contributed by atoms with Crippen LogP contribution in [-0.4, -0.2) is 41.4 Å². The maximum atomic E-state index is 13.0. The summed E-state index contributed by atoms with van der Waals surface area (Å²) < 4.78 is 5.75. The smallest absolute Gasteiger partial charge is 0.263 e. The number of anilines is 2. The average Bonchev–Trinajstić information content (AvgIpc) is 3.36. The highest BCUT2D eigenvalue weighted by Gasteiger charge is 2.55. The molecule has 9 nitrogen and oxygen atoms in total. The fraction of sp³-hybridized carbons (Fsp3) is 0.160. The Morgan fingerprint density at radius 3 is 2.29 bits per heavy atom. The van der Waals surface area contributed by atoms with E-state index in [4.69, 9.17) is 4.74 Å². The van der Waals surface area contributed by atoms with Gasteiger partial charge in [0.25, 0.3) is 11.8 Å². The number of aryl methyl sites for hydroxylation is 1. The summed E-state index contributed by atoms with van der Waals surface area (Å²) in [6.07, 6.45) is 0. The van der Waals surface area contributed by atoms with Crippen LogP contribution in [0.2, 0.25) is 0 Å². The Morgan fingerprint density at radius 1 is 0.912 bits per heavy atom. The number of fused-ring (bicyclic) bond motifs is 1. The van der Waals surface area contributed by atoms with Gasteiger partial charge in [-0.05, 0) is 55.5 Å². The molecule has 0 saturated carbocycles. The van der Waals surface area contributed by atoms with Gasteiger partial charge in [-0.25, -0.2) is 4.90 Å². The van der Waals surface area contributed by atoms with Crippen molar-refractivity contribution in [1.82, 2.24) is 5.01 Å². The molecule has 0 radical (unpaired) electrons. The van der Waals surface area contributed by atoms with E-state index in [0.717, 1.165) is 10.5 Å². The number of benzene rings is 3. The van der Waals surface area contributed by atoms with E-state index in [-0.39, 0.29) is 12.5 Å². The van der Waals surface area contributed by atoms with E-state index >= 15 is 0 Å². The van der Waals surface area contributed by atoms with Gasteiger partial charge >= 0.3 is 0 Å². The van der Waals surface area contributed by atoms with Crippen molar-refractivity contribution in [2.24, 2.45) is 10.3 Å². The van der Waals surface area contributed by atoms with Gasteiger partial charge in [-0.2, -0.15) is 5.11 Å². The Kier molecular flexibility index (Phi) is 5.51. The molecule has 1 N–H and O–H groups in total. The quantitative estimate of drug-likeness (QED) is 0.571. The number of para-hydroxylation sites is 1. The van der Waals surface area contributed by atoms with Crippen LogP contribution in [0.25, 0.3) is 0 Å². The zero-order valence-electron chi connectivity index (χ0n) is 18.3. The standard InChI is InChI=1S/C25H21N5O4/c1-16-7-11-18(12-8-16)30-24(32)22-23(25(30)33)29(28-27-22)15-21(31)26-17-9-13-20(14-10-17)34-19-5-3-2-4-6-19/h2-14,22-23H,15H2,1H3,(H,26,31)/t22-,23-/m0/s1.